The molecule has 1 N–H and O–H groups in total. The number of hydrogen-bond donors (Lipinski definition) is 1. The molecule has 1 amide bonds. The van der Waals surface area contributed by atoms with Gasteiger partial charge in [0.05, 0.1) is 19.5 Å². The summed E-state index contributed by atoms with van der Waals surface area (Å²) in [7, 11) is 7.16. The molecule has 0 saturated carbocycles. The van der Waals surface area contributed by atoms with Crippen LogP contribution in [0, 0.1) is 0 Å². The summed E-state index contributed by atoms with van der Waals surface area (Å²) in [5.74, 6) is 1.39. The van der Waals surface area contributed by atoms with Gasteiger partial charge in [-0.05, 0) is 39.2 Å². The van der Waals surface area contributed by atoms with Gasteiger partial charge in [0.2, 0.25) is 5.91 Å². The van der Waals surface area contributed by atoms with Gasteiger partial charge in [-0.25, -0.2) is 0 Å². The number of nitrogens with zero attached hydrogens (tertiary/aromatic N) is 1. The van der Waals surface area contributed by atoms with Crippen LogP contribution in [-0.4, -0.2) is 57.5 Å². The van der Waals surface area contributed by atoms with E-state index in [0.717, 1.165) is 11.4 Å². The number of rotatable bonds is 8. The molecule has 0 saturated heterocycles. The lowest BCUT2D eigenvalue weighted by molar-refractivity contribution is -0.120. The Balaban J connectivity index is 2.57. The van der Waals surface area contributed by atoms with Crippen molar-refractivity contribution < 1.29 is 14.3 Å². The zero-order valence-electron chi connectivity index (χ0n) is 13.3. The van der Waals surface area contributed by atoms with Crippen LogP contribution in [0.5, 0.6) is 11.5 Å². The minimum absolute atomic E-state index is 0.0386. The minimum Gasteiger partial charge on any atom is -0.493 e. The SMILES string of the molecule is COc1ccc(S[C@H](C)C(=O)NCCN(C)C)cc1OC. The summed E-state index contributed by atoms with van der Waals surface area (Å²) in [5.41, 5.74) is 0. The third kappa shape index (κ3) is 5.85. The zero-order valence-corrected chi connectivity index (χ0v) is 14.1. The fourth-order valence-electron chi connectivity index (χ4n) is 1.69. The first-order valence-corrected chi connectivity index (χ1v) is 7.67. The van der Waals surface area contributed by atoms with E-state index >= 15 is 0 Å². The summed E-state index contributed by atoms with van der Waals surface area (Å²) in [5, 5.41) is 2.77. The van der Waals surface area contributed by atoms with E-state index in [1.165, 1.54) is 11.8 Å². The molecule has 6 heteroatoms. The molecule has 1 aromatic rings. The van der Waals surface area contributed by atoms with Crippen LogP contribution in [0.25, 0.3) is 0 Å². The summed E-state index contributed by atoms with van der Waals surface area (Å²) in [6, 6.07) is 5.65. The second kappa shape index (κ2) is 8.79. The lowest BCUT2D eigenvalue weighted by atomic mass is 10.3. The predicted molar refractivity (Wildman–Crippen MR) is 86.4 cm³/mol. The summed E-state index contributed by atoms with van der Waals surface area (Å²) < 4.78 is 10.5. The predicted octanol–water partition coefficient (Wildman–Crippen LogP) is 1.86. The molecule has 118 valence electrons. The maximum absolute atomic E-state index is 12.0. The van der Waals surface area contributed by atoms with E-state index < -0.39 is 0 Å². The van der Waals surface area contributed by atoms with E-state index in [9.17, 15) is 4.79 Å². The first kappa shape index (κ1) is 17.7. The highest BCUT2D eigenvalue weighted by atomic mass is 32.2. The highest BCUT2D eigenvalue weighted by Gasteiger charge is 2.15. The van der Waals surface area contributed by atoms with E-state index in [2.05, 4.69) is 5.32 Å². The van der Waals surface area contributed by atoms with Crippen molar-refractivity contribution in [3.8, 4) is 11.5 Å². The molecule has 0 aliphatic rings. The molecule has 21 heavy (non-hydrogen) atoms. The van der Waals surface area contributed by atoms with Crippen molar-refractivity contribution in [3.63, 3.8) is 0 Å². The molecule has 0 aromatic heterocycles. The Hall–Kier alpha value is -1.40. The second-order valence-corrected chi connectivity index (χ2v) is 6.29. The molecular weight excluding hydrogens is 288 g/mol. The van der Waals surface area contributed by atoms with Crippen molar-refractivity contribution in [1.29, 1.82) is 0 Å². The van der Waals surface area contributed by atoms with Crippen LogP contribution in [0.3, 0.4) is 0 Å². The van der Waals surface area contributed by atoms with Crippen LogP contribution in [0.15, 0.2) is 23.1 Å². The van der Waals surface area contributed by atoms with Crippen LogP contribution in [0.1, 0.15) is 6.92 Å². The number of hydrogen-bond acceptors (Lipinski definition) is 5. The Morgan fingerprint density at radius 1 is 1.29 bits per heavy atom. The van der Waals surface area contributed by atoms with Crippen molar-refractivity contribution in [1.82, 2.24) is 10.2 Å². The van der Waals surface area contributed by atoms with Gasteiger partial charge in [0, 0.05) is 18.0 Å². The van der Waals surface area contributed by atoms with Gasteiger partial charge in [-0.15, -0.1) is 11.8 Å². The van der Waals surface area contributed by atoms with E-state index in [1.54, 1.807) is 14.2 Å². The third-order valence-corrected chi connectivity index (χ3v) is 3.99. The van der Waals surface area contributed by atoms with E-state index in [0.29, 0.717) is 18.0 Å². The van der Waals surface area contributed by atoms with Crippen molar-refractivity contribution in [2.24, 2.45) is 0 Å². The monoisotopic (exact) mass is 312 g/mol. The number of nitrogens with one attached hydrogen (secondary N) is 1. The Bertz CT molecular complexity index is 466. The minimum atomic E-state index is -0.162. The maximum Gasteiger partial charge on any atom is 0.233 e. The number of carbonyl (C=O) groups excluding carboxylic acids is 1. The molecule has 1 atom stereocenters. The van der Waals surface area contributed by atoms with Crippen LogP contribution in [0.4, 0.5) is 0 Å². The zero-order chi connectivity index (χ0) is 15.8. The Labute approximate surface area is 131 Å². The van der Waals surface area contributed by atoms with Crippen molar-refractivity contribution in [2.75, 3.05) is 41.4 Å². The van der Waals surface area contributed by atoms with Gasteiger partial charge in [-0.1, -0.05) is 0 Å². The molecule has 5 nitrogen and oxygen atoms in total. The van der Waals surface area contributed by atoms with Gasteiger partial charge in [-0.2, -0.15) is 0 Å². The van der Waals surface area contributed by atoms with Crippen molar-refractivity contribution in [3.05, 3.63) is 18.2 Å². The number of amides is 1. The fraction of sp³-hybridized carbons (Fsp3) is 0.533. The molecule has 0 aliphatic carbocycles. The summed E-state index contributed by atoms with van der Waals surface area (Å²) in [4.78, 5) is 15.0. The lowest BCUT2D eigenvalue weighted by Crippen LogP contribution is -2.35. The van der Waals surface area contributed by atoms with Gasteiger partial charge in [0.1, 0.15) is 0 Å². The Kier molecular flexibility index (Phi) is 7.39. The summed E-state index contributed by atoms with van der Waals surface area (Å²) in [6.07, 6.45) is 0. The van der Waals surface area contributed by atoms with E-state index in [-0.39, 0.29) is 11.2 Å². The number of benzene rings is 1. The van der Waals surface area contributed by atoms with Gasteiger partial charge >= 0.3 is 0 Å². The highest BCUT2D eigenvalue weighted by Crippen LogP contribution is 2.33. The smallest absolute Gasteiger partial charge is 0.233 e. The van der Waals surface area contributed by atoms with Gasteiger partial charge < -0.3 is 19.7 Å². The first-order chi connectivity index (χ1) is 9.97. The Morgan fingerprint density at radius 3 is 2.52 bits per heavy atom. The van der Waals surface area contributed by atoms with E-state index in [4.69, 9.17) is 9.47 Å². The quantitative estimate of drug-likeness (QED) is 0.743. The molecule has 0 fully saturated rings. The second-order valence-electron chi connectivity index (χ2n) is 4.87. The molecule has 1 aromatic carbocycles. The third-order valence-electron chi connectivity index (χ3n) is 2.90. The highest BCUT2D eigenvalue weighted by molar-refractivity contribution is 8.00. The molecule has 0 radical (unpaired) electrons. The number of methoxy groups -OCH3 is 2. The Morgan fingerprint density at radius 2 is 1.95 bits per heavy atom. The molecule has 0 unspecified atom stereocenters. The molecule has 0 aliphatic heterocycles. The normalized spacial score (nSPS) is 12.1. The summed E-state index contributed by atoms with van der Waals surface area (Å²) in [6.45, 7) is 3.38. The summed E-state index contributed by atoms with van der Waals surface area (Å²) >= 11 is 1.50. The maximum atomic E-state index is 12.0. The molecule has 0 spiro atoms. The number of likely N-dealkylation sites (N-methyl/N-ethyl adjacent to an activating group) is 1. The van der Waals surface area contributed by atoms with Gasteiger partial charge in [0.25, 0.3) is 0 Å². The molecule has 0 bridgehead atoms. The van der Waals surface area contributed by atoms with Gasteiger partial charge in [0.15, 0.2) is 11.5 Å². The number of ether oxygens (including phenoxy) is 2. The fourth-order valence-corrected chi connectivity index (χ4v) is 2.61. The topological polar surface area (TPSA) is 50.8 Å². The van der Waals surface area contributed by atoms with Crippen LogP contribution < -0.4 is 14.8 Å². The largest absolute Gasteiger partial charge is 0.493 e. The molecule has 1 rings (SSSR count). The van der Waals surface area contributed by atoms with Crippen LogP contribution in [0.2, 0.25) is 0 Å². The molecule has 0 heterocycles. The number of thioether (sulfide) groups is 1. The van der Waals surface area contributed by atoms with E-state index in [1.807, 2.05) is 44.1 Å². The standard InChI is InChI=1S/C15H24N2O3S/c1-11(15(18)16-8-9-17(2)3)21-12-6-7-13(19-4)14(10-12)20-5/h6-7,10-11H,8-9H2,1-5H3,(H,16,18)/t11-/m1/s1. The first-order valence-electron chi connectivity index (χ1n) is 6.79. The van der Waals surface area contributed by atoms with Gasteiger partial charge in [-0.3, -0.25) is 4.79 Å². The van der Waals surface area contributed by atoms with Crippen molar-refractivity contribution in [2.45, 2.75) is 17.1 Å². The average Bonchev–Trinajstić information content (AvgIpc) is 2.46. The van der Waals surface area contributed by atoms with Crippen molar-refractivity contribution >= 4 is 17.7 Å². The molecular formula is C15H24N2O3S. The number of carbonyl (C=O) groups is 1. The van der Waals surface area contributed by atoms with Crippen LogP contribution in [-0.2, 0) is 4.79 Å². The van der Waals surface area contributed by atoms with Crippen LogP contribution >= 0.6 is 11.8 Å². The average molecular weight is 312 g/mol. The lowest BCUT2D eigenvalue weighted by Gasteiger charge is -2.15.